The van der Waals surface area contributed by atoms with Crippen LogP contribution >= 0.6 is 0 Å². The number of sulfonamides is 2. The van der Waals surface area contributed by atoms with E-state index in [1.807, 2.05) is 0 Å². The normalized spacial score (nSPS) is 11.8. The number of rotatable bonds is 7. The molecule has 0 radical (unpaired) electrons. The largest absolute Gasteiger partial charge is 0.438 e. The number of carbonyl (C=O) groups is 1. The third kappa shape index (κ3) is 5.07. The lowest BCUT2D eigenvalue weighted by atomic mass is 10.3. The predicted molar refractivity (Wildman–Crippen MR) is 107 cm³/mol. The molecule has 1 amide bonds. The van der Waals surface area contributed by atoms with Crippen molar-refractivity contribution >= 4 is 37.3 Å². The van der Waals surface area contributed by atoms with Crippen molar-refractivity contribution < 1.29 is 34.8 Å². The van der Waals surface area contributed by atoms with Gasteiger partial charge in [-0.15, -0.1) is 0 Å². The Morgan fingerprint density at radius 3 is 2.10 bits per heavy atom. The number of furan rings is 1. The molecule has 2 aromatic carbocycles. The van der Waals surface area contributed by atoms with Crippen molar-refractivity contribution in [3.8, 4) is 0 Å². The molecule has 0 saturated carbocycles. The van der Waals surface area contributed by atoms with Gasteiger partial charge < -0.3 is 9.73 Å². The summed E-state index contributed by atoms with van der Waals surface area (Å²) < 4.78 is 83.4. The van der Waals surface area contributed by atoms with Gasteiger partial charge in [-0.3, -0.25) is 9.52 Å². The highest BCUT2D eigenvalue weighted by molar-refractivity contribution is 7.92. The molecule has 9 nitrogen and oxygen atoms in total. The van der Waals surface area contributed by atoms with Crippen LogP contribution in [0.4, 0.5) is 20.2 Å². The van der Waals surface area contributed by atoms with Crippen molar-refractivity contribution in [2.75, 3.05) is 17.1 Å². The molecule has 1 aromatic heterocycles. The lowest BCUT2D eigenvalue weighted by molar-refractivity contribution is 0.0991. The van der Waals surface area contributed by atoms with Gasteiger partial charge in [0, 0.05) is 11.4 Å². The molecule has 0 aliphatic rings. The quantitative estimate of drug-likeness (QED) is 0.485. The molecule has 0 atom stereocenters. The lowest BCUT2D eigenvalue weighted by Gasteiger charge is -2.09. The number of nitrogens with one attached hydrogen (secondary N) is 3. The zero-order chi connectivity index (χ0) is 22.8. The fourth-order valence-electron chi connectivity index (χ4n) is 2.36. The minimum atomic E-state index is -4.17. The molecule has 0 fully saturated rings. The Morgan fingerprint density at radius 1 is 0.839 bits per heavy atom. The zero-order valence-electron chi connectivity index (χ0n) is 15.7. The molecule has 0 spiro atoms. The van der Waals surface area contributed by atoms with Gasteiger partial charge in [0.2, 0.25) is 5.09 Å². The Hall–Kier alpha value is -3.29. The summed E-state index contributed by atoms with van der Waals surface area (Å²) in [5, 5.41) is 2.03. The Morgan fingerprint density at radius 2 is 1.48 bits per heavy atom. The summed E-state index contributed by atoms with van der Waals surface area (Å²) >= 11 is 0. The van der Waals surface area contributed by atoms with Gasteiger partial charge in [0.05, 0.1) is 4.90 Å². The number of hydrogen-bond donors (Lipinski definition) is 3. The van der Waals surface area contributed by atoms with Crippen LogP contribution in [-0.2, 0) is 20.0 Å². The molecule has 164 valence electrons. The summed E-state index contributed by atoms with van der Waals surface area (Å²) in [6.45, 7) is 0. The van der Waals surface area contributed by atoms with Crippen LogP contribution in [-0.4, -0.2) is 29.8 Å². The molecule has 3 N–H and O–H groups in total. The Bertz CT molecular complexity index is 1340. The molecule has 0 unspecified atom stereocenters. The van der Waals surface area contributed by atoms with Gasteiger partial charge in [-0.05, 0) is 61.6 Å². The van der Waals surface area contributed by atoms with Crippen LogP contribution < -0.4 is 14.8 Å². The van der Waals surface area contributed by atoms with Gasteiger partial charge >= 0.3 is 0 Å². The van der Waals surface area contributed by atoms with Gasteiger partial charge in [-0.25, -0.2) is 30.3 Å². The number of amides is 1. The van der Waals surface area contributed by atoms with Crippen molar-refractivity contribution in [2.45, 2.75) is 9.99 Å². The number of carbonyl (C=O) groups excluding carboxylic acids is 1. The van der Waals surface area contributed by atoms with Crippen LogP contribution in [0.5, 0.6) is 0 Å². The fourth-order valence-corrected chi connectivity index (χ4v) is 4.08. The van der Waals surface area contributed by atoms with Gasteiger partial charge in [0.15, 0.2) is 17.4 Å². The second kappa shape index (κ2) is 8.45. The first kappa shape index (κ1) is 22.4. The first-order valence-corrected chi connectivity index (χ1v) is 11.4. The molecule has 0 saturated heterocycles. The molecule has 13 heteroatoms. The van der Waals surface area contributed by atoms with Crippen molar-refractivity contribution in [3.05, 3.63) is 72.0 Å². The summed E-state index contributed by atoms with van der Waals surface area (Å²) in [5.41, 5.74) is 0.360. The maximum absolute atomic E-state index is 13.3. The molecule has 1 heterocycles. The molecule has 3 aromatic rings. The van der Waals surface area contributed by atoms with Gasteiger partial charge in [-0.2, -0.15) is 0 Å². The Balaban J connectivity index is 1.70. The smallest absolute Gasteiger partial charge is 0.291 e. The third-order valence-corrected chi connectivity index (χ3v) is 6.60. The van der Waals surface area contributed by atoms with E-state index in [0.29, 0.717) is 12.1 Å². The summed E-state index contributed by atoms with van der Waals surface area (Å²) in [6.07, 6.45) is 0. The maximum Gasteiger partial charge on any atom is 0.291 e. The average molecular weight is 471 g/mol. The summed E-state index contributed by atoms with van der Waals surface area (Å²) in [4.78, 5) is 11.7. The van der Waals surface area contributed by atoms with Gasteiger partial charge in [0.25, 0.3) is 26.0 Å². The number of benzene rings is 2. The van der Waals surface area contributed by atoms with Crippen molar-refractivity contribution in [1.29, 1.82) is 0 Å². The topological polar surface area (TPSA) is 135 Å². The number of hydrogen-bond acceptors (Lipinski definition) is 6. The predicted octanol–water partition coefficient (Wildman–Crippen LogP) is 2.52. The molecular weight excluding hydrogens is 456 g/mol. The SMILES string of the molecule is CNS(=O)(=O)c1ccc(C(=O)Nc2ccc(NS(=O)(=O)c3ccc(F)c(F)c3)cc2)o1. The summed E-state index contributed by atoms with van der Waals surface area (Å²) in [5.74, 6) is -3.46. The minimum Gasteiger partial charge on any atom is -0.438 e. The highest BCUT2D eigenvalue weighted by Gasteiger charge is 2.20. The van der Waals surface area contributed by atoms with E-state index in [4.69, 9.17) is 4.42 Å². The molecule has 0 aliphatic heterocycles. The maximum atomic E-state index is 13.3. The highest BCUT2D eigenvalue weighted by atomic mass is 32.2. The van der Waals surface area contributed by atoms with E-state index in [0.717, 1.165) is 12.1 Å². The van der Waals surface area contributed by atoms with Crippen LogP contribution in [0.3, 0.4) is 0 Å². The van der Waals surface area contributed by atoms with E-state index in [9.17, 15) is 30.4 Å². The summed E-state index contributed by atoms with van der Waals surface area (Å²) in [6, 6.07) is 9.87. The van der Waals surface area contributed by atoms with E-state index >= 15 is 0 Å². The number of anilines is 2. The minimum absolute atomic E-state index is 0.100. The summed E-state index contributed by atoms with van der Waals surface area (Å²) in [7, 11) is -6.81. The third-order valence-electron chi connectivity index (χ3n) is 3.94. The Kier molecular flexibility index (Phi) is 6.10. The molecular formula is C18H15F2N3O6S2. The van der Waals surface area contributed by atoms with Crippen LogP contribution in [0.15, 0.2) is 69.0 Å². The van der Waals surface area contributed by atoms with Gasteiger partial charge in [-0.1, -0.05) is 0 Å². The van der Waals surface area contributed by atoms with Crippen molar-refractivity contribution in [2.24, 2.45) is 0 Å². The van der Waals surface area contributed by atoms with E-state index in [-0.39, 0.29) is 17.1 Å². The molecule has 0 aliphatic carbocycles. The highest BCUT2D eigenvalue weighted by Crippen LogP contribution is 2.21. The van der Waals surface area contributed by atoms with E-state index in [1.165, 1.54) is 37.4 Å². The molecule has 3 rings (SSSR count). The first-order valence-electron chi connectivity index (χ1n) is 8.44. The van der Waals surface area contributed by atoms with Crippen molar-refractivity contribution in [1.82, 2.24) is 4.72 Å². The standard InChI is InChI=1S/C18H15F2N3O6S2/c1-21-31(27,28)17-9-8-16(29-17)18(24)22-11-2-4-12(5-3-11)23-30(25,26)13-6-7-14(19)15(20)10-13/h2-10,21,23H,1H3,(H,22,24). The van der Waals surface area contributed by atoms with Crippen molar-refractivity contribution in [3.63, 3.8) is 0 Å². The lowest BCUT2D eigenvalue weighted by Crippen LogP contribution is -2.18. The number of halogens is 2. The van der Waals surface area contributed by atoms with Crippen LogP contribution in [0.2, 0.25) is 0 Å². The Labute approximate surface area is 176 Å². The molecule has 0 bridgehead atoms. The van der Waals surface area contributed by atoms with E-state index < -0.39 is 47.6 Å². The monoisotopic (exact) mass is 471 g/mol. The van der Waals surface area contributed by atoms with Crippen LogP contribution in [0, 0.1) is 11.6 Å². The van der Waals surface area contributed by atoms with E-state index in [1.54, 1.807) is 0 Å². The van der Waals surface area contributed by atoms with Crippen LogP contribution in [0.25, 0.3) is 0 Å². The second-order valence-electron chi connectivity index (χ2n) is 6.04. The molecule has 31 heavy (non-hydrogen) atoms. The van der Waals surface area contributed by atoms with Gasteiger partial charge in [0.1, 0.15) is 0 Å². The first-order chi connectivity index (χ1) is 14.5. The van der Waals surface area contributed by atoms with E-state index in [2.05, 4.69) is 14.8 Å². The van der Waals surface area contributed by atoms with Crippen LogP contribution in [0.1, 0.15) is 10.6 Å². The average Bonchev–Trinajstić information content (AvgIpc) is 3.22. The second-order valence-corrected chi connectivity index (χ2v) is 9.54. The zero-order valence-corrected chi connectivity index (χ0v) is 17.4. The fraction of sp³-hybridized carbons (Fsp3) is 0.0556.